The van der Waals surface area contributed by atoms with Gasteiger partial charge >= 0.3 is 11.9 Å². The van der Waals surface area contributed by atoms with E-state index in [1.54, 1.807) is 6.07 Å². The Hall–Kier alpha value is -2.19. The quantitative estimate of drug-likeness (QED) is 0.614. The van der Waals surface area contributed by atoms with E-state index in [2.05, 4.69) is 30.7 Å². The molecule has 0 saturated carbocycles. The van der Waals surface area contributed by atoms with Crippen LogP contribution in [0.1, 0.15) is 5.56 Å². The van der Waals surface area contributed by atoms with Gasteiger partial charge in [0.05, 0.1) is 24.1 Å². The molecule has 0 fully saturated rings. The molecule has 0 aliphatic rings. The molecule has 24 heavy (non-hydrogen) atoms. The van der Waals surface area contributed by atoms with Crippen molar-refractivity contribution in [3.8, 4) is 0 Å². The van der Waals surface area contributed by atoms with Gasteiger partial charge in [0.25, 0.3) is 0 Å². The standard InChI is InChI=1S/C16H14BrNO5S/c1-8-4-5-11-9(6-8)14(20)13(15(17)24-11)18-10(16(21)23-3)7-12(19)22-2/h4-7,18H,1-3H3/b10-7+. The maximum Gasteiger partial charge on any atom is 0.354 e. The molecule has 126 valence electrons. The van der Waals surface area contributed by atoms with Crippen molar-refractivity contribution in [1.82, 2.24) is 0 Å². The van der Waals surface area contributed by atoms with Crippen molar-refractivity contribution in [2.75, 3.05) is 19.5 Å². The lowest BCUT2D eigenvalue weighted by molar-refractivity contribution is -0.138. The van der Waals surface area contributed by atoms with Crippen LogP contribution in [0, 0.1) is 6.92 Å². The zero-order valence-electron chi connectivity index (χ0n) is 13.1. The number of esters is 2. The first-order valence-corrected chi connectivity index (χ1v) is 8.36. The Morgan fingerprint density at radius 1 is 1.25 bits per heavy atom. The third-order valence-electron chi connectivity index (χ3n) is 3.13. The third kappa shape index (κ3) is 3.82. The third-order valence-corrected chi connectivity index (χ3v) is 4.97. The minimum atomic E-state index is -0.791. The molecule has 8 heteroatoms. The highest BCUT2D eigenvalue weighted by Crippen LogP contribution is 2.31. The molecule has 0 aliphatic carbocycles. The molecule has 1 heterocycles. The molecule has 1 N–H and O–H groups in total. The maximum absolute atomic E-state index is 12.7. The van der Waals surface area contributed by atoms with E-state index in [0.29, 0.717) is 9.17 Å². The summed E-state index contributed by atoms with van der Waals surface area (Å²) in [5.41, 5.74) is 0.609. The highest BCUT2D eigenvalue weighted by atomic mass is 79.9. The first-order valence-electron chi connectivity index (χ1n) is 6.75. The lowest BCUT2D eigenvalue weighted by atomic mass is 10.2. The van der Waals surface area contributed by atoms with Crippen LogP contribution in [-0.2, 0) is 19.1 Å². The van der Waals surface area contributed by atoms with Gasteiger partial charge in [-0.15, -0.1) is 11.3 Å². The van der Waals surface area contributed by atoms with Gasteiger partial charge in [0.2, 0.25) is 5.43 Å². The predicted molar refractivity (Wildman–Crippen MR) is 96.3 cm³/mol. The largest absolute Gasteiger partial charge is 0.466 e. The first-order chi connectivity index (χ1) is 11.4. The molecule has 0 saturated heterocycles. The van der Waals surface area contributed by atoms with Gasteiger partial charge in [0.15, 0.2) is 0 Å². The summed E-state index contributed by atoms with van der Waals surface area (Å²) >= 11 is 4.67. The van der Waals surface area contributed by atoms with Crippen LogP contribution in [0.3, 0.4) is 0 Å². The van der Waals surface area contributed by atoms with Gasteiger partial charge in [-0.1, -0.05) is 11.6 Å². The van der Waals surface area contributed by atoms with E-state index in [1.807, 2.05) is 19.1 Å². The highest BCUT2D eigenvalue weighted by molar-refractivity contribution is 9.11. The molecule has 2 aromatic rings. The number of methoxy groups -OCH3 is 2. The number of fused-ring (bicyclic) bond motifs is 1. The lowest BCUT2D eigenvalue weighted by Crippen LogP contribution is -2.19. The van der Waals surface area contributed by atoms with Crippen molar-refractivity contribution in [2.45, 2.75) is 6.92 Å². The van der Waals surface area contributed by atoms with E-state index >= 15 is 0 Å². The number of hydrogen-bond acceptors (Lipinski definition) is 7. The van der Waals surface area contributed by atoms with E-state index in [4.69, 9.17) is 0 Å². The summed E-state index contributed by atoms with van der Waals surface area (Å²) < 4.78 is 10.4. The van der Waals surface area contributed by atoms with Gasteiger partial charge in [-0.3, -0.25) is 4.79 Å². The fourth-order valence-corrected chi connectivity index (χ4v) is 3.59. The van der Waals surface area contributed by atoms with Crippen LogP contribution in [0.2, 0.25) is 0 Å². The van der Waals surface area contributed by atoms with Crippen LogP contribution in [0.25, 0.3) is 10.1 Å². The van der Waals surface area contributed by atoms with Crippen LogP contribution in [0.5, 0.6) is 0 Å². The lowest BCUT2D eigenvalue weighted by Gasteiger charge is -2.11. The van der Waals surface area contributed by atoms with Crippen molar-refractivity contribution < 1.29 is 19.1 Å². The van der Waals surface area contributed by atoms with Crippen LogP contribution in [0.15, 0.2) is 38.6 Å². The van der Waals surface area contributed by atoms with Crippen molar-refractivity contribution in [1.29, 1.82) is 0 Å². The molecule has 0 amide bonds. The fourth-order valence-electron chi connectivity index (χ4n) is 1.96. The first kappa shape index (κ1) is 18.2. The number of benzene rings is 1. The molecule has 0 bridgehead atoms. The van der Waals surface area contributed by atoms with Crippen LogP contribution in [0.4, 0.5) is 5.69 Å². The molecule has 0 unspecified atom stereocenters. The Kier molecular flexibility index (Phi) is 5.74. The van der Waals surface area contributed by atoms with Crippen molar-refractivity contribution >= 4 is 55.0 Å². The number of rotatable bonds is 4. The van der Waals surface area contributed by atoms with Gasteiger partial charge in [0.1, 0.15) is 11.4 Å². The maximum atomic E-state index is 12.7. The number of carbonyl (C=O) groups excluding carboxylic acids is 2. The second-order valence-electron chi connectivity index (χ2n) is 4.78. The molecule has 1 aromatic carbocycles. The number of halogens is 1. The molecule has 1 aromatic heterocycles. The number of nitrogens with one attached hydrogen (secondary N) is 1. The average Bonchev–Trinajstić information content (AvgIpc) is 2.57. The highest BCUT2D eigenvalue weighted by Gasteiger charge is 2.18. The number of carbonyl (C=O) groups is 2. The number of hydrogen-bond donors (Lipinski definition) is 1. The topological polar surface area (TPSA) is 81.7 Å². The van der Waals surface area contributed by atoms with E-state index in [9.17, 15) is 14.4 Å². The number of aryl methyl sites for hydroxylation is 1. The van der Waals surface area contributed by atoms with Gasteiger partial charge < -0.3 is 14.8 Å². The Labute approximate surface area is 150 Å². The van der Waals surface area contributed by atoms with Gasteiger partial charge in [0, 0.05) is 10.1 Å². The summed E-state index contributed by atoms with van der Waals surface area (Å²) in [6.07, 6.45) is 0.933. The molecule has 2 rings (SSSR count). The average molecular weight is 412 g/mol. The zero-order chi connectivity index (χ0) is 17.9. The molecule has 6 nitrogen and oxygen atoms in total. The van der Waals surface area contributed by atoms with E-state index < -0.39 is 11.9 Å². The Morgan fingerprint density at radius 2 is 1.96 bits per heavy atom. The normalized spacial score (nSPS) is 11.2. The Bertz CT molecular complexity index is 903. The van der Waals surface area contributed by atoms with E-state index in [0.717, 1.165) is 16.3 Å². The van der Waals surface area contributed by atoms with Gasteiger partial charge in [-0.05, 0) is 35.0 Å². The Balaban J connectivity index is 2.58. The summed E-state index contributed by atoms with van der Waals surface area (Å²) in [5.74, 6) is -1.53. The second-order valence-corrected chi connectivity index (χ2v) is 7.15. The summed E-state index contributed by atoms with van der Waals surface area (Å²) in [4.78, 5) is 36.0. The fraction of sp³-hybridized carbons (Fsp3) is 0.188. The van der Waals surface area contributed by atoms with Crippen molar-refractivity contribution in [3.05, 3.63) is 49.5 Å². The van der Waals surface area contributed by atoms with E-state index in [-0.39, 0.29) is 16.8 Å². The SMILES string of the molecule is COC(=O)/C=C(/Nc1c(Br)sc2ccc(C)cc2c1=O)C(=O)OC. The monoisotopic (exact) mass is 411 g/mol. The van der Waals surface area contributed by atoms with Crippen molar-refractivity contribution in [3.63, 3.8) is 0 Å². The van der Waals surface area contributed by atoms with Crippen LogP contribution < -0.4 is 10.7 Å². The van der Waals surface area contributed by atoms with Crippen LogP contribution in [-0.4, -0.2) is 26.2 Å². The molecular weight excluding hydrogens is 398 g/mol. The Morgan fingerprint density at radius 3 is 2.58 bits per heavy atom. The zero-order valence-corrected chi connectivity index (χ0v) is 15.5. The van der Waals surface area contributed by atoms with Crippen molar-refractivity contribution in [2.24, 2.45) is 0 Å². The van der Waals surface area contributed by atoms with E-state index in [1.165, 1.54) is 25.6 Å². The minimum Gasteiger partial charge on any atom is -0.466 e. The summed E-state index contributed by atoms with van der Waals surface area (Å²) in [6, 6.07) is 5.54. The summed E-state index contributed by atoms with van der Waals surface area (Å²) in [7, 11) is 2.36. The van der Waals surface area contributed by atoms with Gasteiger partial charge in [-0.2, -0.15) is 0 Å². The molecule has 0 aliphatic heterocycles. The molecule has 0 spiro atoms. The summed E-state index contributed by atoms with van der Waals surface area (Å²) in [6.45, 7) is 1.88. The molecule has 0 atom stereocenters. The molecular formula is C16H14BrNO5S. The van der Waals surface area contributed by atoms with Crippen LogP contribution >= 0.6 is 27.3 Å². The molecule has 0 radical (unpaired) electrons. The summed E-state index contributed by atoms with van der Waals surface area (Å²) in [5, 5.41) is 3.20. The number of ether oxygens (including phenoxy) is 2. The predicted octanol–water partition coefficient (Wildman–Crippen LogP) is 2.97. The minimum absolute atomic E-state index is 0.152. The number of anilines is 1. The van der Waals surface area contributed by atoms with Gasteiger partial charge in [-0.25, -0.2) is 9.59 Å². The second kappa shape index (κ2) is 7.59. The smallest absolute Gasteiger partial charge is 0.354 e.